The number of rotatable bonds is 4. The highest BCUT2D eigenvalue weighted by atomic mass is 32.2. The summed E-state index contributed by atoms with van der Waals surface area (Å²) in [6.07, 6.45) is 0. The summed E-state index contributed by atoms with van der Waals surface area (Å²) in [5.74, 6) is 0.360. The third kappa shape index (κ3) is 3.12. The Kier molecular flexibility index (Phi) is 3.88. The molecule has 1 heterocycles. The molecule has 0 radical (unpaired) electrons. The van der Waals surface area contributed by atoms with Gasteiger partial charge in [-0.3, -0.25) is 4.21 Å². The van der Waals surface area contributed by atoms with Crippen LogP contribution in [0.4, 0.5) is 0 Å². The topological polar surface area (TPSA) is 35.5 Å². The van der Waals surface area contributed by atoms with Crippen molar-refractivity contribution in [3.05, 3.63) is 35.9 Å². The van der Waals surface area contributed by atoms with Gasteiger partial charge in [-0.25, -0.2) is 0 Å². The lowest BCUT2D eigenvalue weighted by atomic mass is 10.2. The van der Waals surface area contributed by atoms with Crippen LogP contribution < -0.4 is 0 Å². The molecule has 2 atom stereocenters. The predicted molar refractivity (Wildman–Crippen MR) is 58.8 cm³/mol. The molecule has 2 rings (SSSR count). The Balaban J connectivity index is 1.73. The van der Waals surface area contributed by atoms with Crippen molar-refractivity contribution in [2.45, 2.75) is 11.9 Å². The van der Waals surface area contributed by atoms with Crippen molar-refractivity contribution in [2.24, 2.45) is 0 Å². The summed E-state index contributed by atoms with van der Waals surface area (Å²) in [7, 11) is -0.866. The summed E-state index contributed by atoms with van der Waals surface area (Å²) < 4.78 is 21.9. The lowest BCUT2D eigenvalue weighted by Crippen LogP contribution is -2.19. The van der Waals surface area contributed by atoms with E-state index in [9.17, 15) is 4.21 Å². The van der Waals surface area contributed by atoms with E-state index in [4.69, 9.17) is 9.47 Å². The van der Waals surface area contributed by atoms with Crippen molar-refractivity contribution in [1.29, 1.82) is 0 Å². The minimum absolute atomic E-state index is 0.0497. The van der Waals surface area contributed by atoms with Gasteiger partial charge in [0.25, 0.3) is 0 Å². The Hall–Kier alpha value is -0.710. The second kappa shape index (κ2) is 5.39. The van der Waals surface area contributed by atoms with Crippen LogP contribution in [0.25, 0.3) is 0 Å². The largest absolute Gasteiger partial charge is 0.375 e. The zero-order valence-electron chi connectivity index (χ0n) is 8.43. The highest BCUT2D eigenvalue weighted by molar-refractivity contribution is 7.85. The van der Waals surface area contributed by atoms with Crippen molar-refractivity contribution in [2.75, 3.05) is 19.2 Å². The summed E-state index contributed by atoms with van der Waals surface area (Å²) in [6.45, 7) is 1.65. The molecule has 1 aromatic rings. The molecule has 3 nitrogen and oxygen atoms in total. The Labute approximate surface area is 91.9 Å². The fourth-order valence-electron chi connectivity index (χ4n) is 1.44. The van der Waals surface area contributed by atoms with Gasteiger partial charge in [0, 0.05) is 0 Å². The molecule has 4 heteroatoms. The van der Waals surface area contributed by atoms with Crippen molar-refractivity contribution in [3.8, 4) is 0 Å². The third-order valence-electron chi connectivity index (χ3n) is 2.29. The molecule has 0 spiro atoms. The molecule has 2 unspecified atom stereocenters. The zero-order chi connectivity index (χ0) is 10.5. The van der Waals surface area contributed by atoms with Gasteiger partial charge in [-0.05, 0) is 5.56 Å². The molecule has 1 aliphatic heterocycles. The molecule has 0 N–H and O–H groups in total. The number of hydrogen-bond donors (Lipinski definition) is 0. The molecule has 1 aliphatic rings. The average Bonchev–Trinajstić information content (AvgIpc) is 2.66. The molecule has 0 aliphatic carbocycles. The maximum Gasteiger partial charge on any atom is 0.122 e. The third-order valence-corrected chi connectivity index (χ3v) is 3.71. The molecule has 1 saturated heterocycles. The van der Waals surface area contributed by atoms with E-state index in [2.05, 4.69) is 0 Å². The van der Waals surface area contributed by atoms with Crippen LogP contribution >= 0.6 is 0 Å². The maximum atomic E-state index is 11.3. The SMILES string of the molecule is O=S1COCC1COCc1ccccc1. The van der Waals surface area contributed by atoms with Crippen LogP contribution in [0.5, 0.6) is 0 Å². The summed E-state index contributed by atoms with van der Waals surface area (Å²) in [5.41, 5.74) is 1.14. The Morgan fingerprint density at radius 2 is 2.20 bits per heavy atom. The van der Waals surface area contributed by atoms with Crippen LogP contribution in [-0.2, 0) is 26.9 Å². The minimum Gasteiger partial charge on any atom is -0.375 e. The molecule has 0 amide bonds. The van der Waals surface area contributed by atoms with Crippen molar-refractivity contribution >= 4 is 10.8 Å². The number of ether oxygens (including phenoxy) is 2. The summed E-state index contributed by atoms with van der Waals surface area (Å²) in [4.78, 5) is 0. The molecule has 1 aromatic carbocycles. The minimum atomic E-state index is -0.866. The first-order valence-corrected chi connectivity index (χ1v) is 6.31. The van der Waals surface area contributed by atoms with E-state index in [-0.39, 0.29) is 5.25 Å². The smallest absolute Gasteiger partial charge is 0.122 e. The van der Waals surface area contributed by atoms with Gasteiger partial charge in [0.15, 0.2) is 0 Å². The van der Waals surface area contributed by atoms with Crippen molar-refractivity contribution in [1.82, 2.24) is 0 Å². The van der Waals surface area contributed by atoms with Gasteiger partial charge in [0.1, 0.15) is 5.94 Å². The molecule has 0 bridgehead atoms. The van der Waals surface area contributed by atoms with Gasteiger partial charge in [-0.1, -0.05) is 30.3 Å². The van der Waals surface area contributed by atoms with E-state index in [0.29, 0.717) is 25.8 Å². The second-order valence-corrected chi connectivity index (χ2v) is 5.16. The highest BCUT2D eigenvalue weighted by Gasteiger charge is 2.23. The van der Waals surface area contributed by atoms with Gasteiger partial charge in [0.05, 0.1) is 35.9 Å². The van der Waals surface area contributed by atoms with Gasteiger partial charge in [-0.2, -0.15) is 0 Å². The highest BCUT2D eigenvalue weighted by Crippen LogP contribution is 2.09. The first-order chi connectivity index (χ1) is 7.36. The van der Waals surface area contributed by atoms with Crippen molar-refractivity contribution < 1.29 is 13.7 Å². The Morgan fingerprint density at radius 1 is 1.40 bits per heavy atom. The van der Waals surface area contributed by atoms with Crippen molar-refractivity contribution in [3.63, 3.8) is 0 Å². The molecular weight excluding hydrogens is 212 g/mol. The lowest BCUT2D eigenvalue weighted by molar-refractivity contribution is 0.104. The van der Waals surface area contributed by atoms with Crippen LogP contribution in [0.3, 0.4) is 0 Å². The fraction of sp³-hybridized carbons (Fsp3) is 0.455. The molecule has 0 saturated carbocycles. The van der Waals surface area contributed by atoms with E-state index in [1.165, 1.54) is 0 Å². The van der Waals surface area contributed by atoms with E-state index in [1.807, 2.05) is 30.3 Å². The van der Waals surface area contributed by atoms with Gasteiger partial charge in [0.2, 0.25) is 0 Å². The number of hydrogen-bond acceptors (Lipinski definition) is 3. The van der Waals surface area contributed by atoms with Crippen LogP contribution in [0.2, 0.25) is 0 Å². The monoisotopic (exact) mass is 226 g/mol. The standard InChI is InChI=1S/C11H14O3S/c12-15-9-14-8-11(15)7-13-6-10-4-2-1-3-5-10/h1-5,11H,6-9H2. The summed E-state index contributed by atoms with van der Waals surface area (Å²) in [6, 6.07) is 9.97. The summed E-state index contributed by atoms with van der Waals surface area (Å²) in [5, 5.41) is 0.0497. The van der Waals surface area contributed by atoms with Gasteiger partial charge < -0.3 is 9.47 Å². The van der Waals surface area contributed by atoms with Gasteiger partial charge >= 0.3 is 0 Å². The van der Waals surface area contributed by atoms with Crippen LogP contribution in [0, 0.1) is 0 Å². The molecule has 15 heavy (non-hydrogen) atoms. The molecule has 82 valence electrons. The predicted octanol–water partition coefficient (Wildman–Crippen LogP) is 1.31. The normalized spacial score (nSPS) is 25.6. The Bertz CT molecular complexity index is 326. The number of benzene rings is 1. The van der Waals surface area contributed by atoms with Gasteiger partial charge in [-0.15, -0.1) is 0 Å². The Morgan fingerprint density at radius 3 is 2.87 bits per heavy atom. The summed E-state index contributed by atoms with van der Waals surface area (Å²) >= 11 is 0. The molecular formula is C11H14O3S. The van der Waals surface area contributed by atoms with Crippen LogP contribution in [0.1, 0.15) is 5.56 Å². The fourth-order valence-corrected chi connectivity index (χ4v) is 2.39. The van der Waals surface area contributed by atoms with Crippen LogP contribution in [0.15, 0.2) is 30.3 Å². The first-order valence-electron chi connectivity index (χ1n) is 4.93. The zero-order valence-corrected chi connectivity index (χ0v) is 9.24. The quantitative estimate of drug-likeness (QED) is 0.776. The van der Waals surface area contributed by atoms with E-state index in [0.717, 1.165) is 5.56 Å². The molecule has 0 aromatic heterocycles. The van der Waals surface area contributed by atoms with E-state index in [1.54, 1.807) is 0 Å². The average molecular weight is 226 g/mol. The van der Waals surface area contributed by atoms with E-state index >= 15 is 0 Å². The first kappa shape index (κ1) is 10.8. The molecule has 1 fully saturated rings. The van der Waals surface area contributed by atoms with E-state index < -0.39 is 10.8 Å². The van der Waals surface area contributed by atoms with Crippen LogP contribution in [-0.4, -0.2) is 28.6 Å². The maximum absolute atomic E-state index is 11.3. The lowest BCUT2D eigenvalue weighted by Gasteiger charge is -2.07. The second-order valence-electron chi connectivity index (χ2n) is 3.49.